The highest BCUT2D eigenvalue weighted by Crippen LogP contribution is 2.37. The molecule has 0 unspecified atom stereocenters. The van der Waals surface area contributed by atoms with Crippen molar-refractivity contribution in [2.24, 2.45) is 0 Å². The maximum absolute atomic E-state index is 6.80. The van der Waals surface area contributed by atoms with Crippen LogP contribution in [0.2, 0.25) is 18.1 Å². The molecule has 1 aromatic rings. The van der Waals surface area contributed by atoms with Crippen LogP contribution < -0.4 is 0 Å². The van der Waals surface area contributed by atoms with Crippen molar-refractivity contribution in [1.82, 2.24) is 0 Å². The number of halogens is 1. The maximum Gasteiger partial charge on any atom is 0.193 e. The normalized spacial score (nSPS) is 13.5. The quantitative estimate of drug-likeness (QED) is 0.479. The van der Waals surface area contributed by atoms with Crippen molar-refractivity contribution in [3.63, 3.8) is 0 Å². The molecule has 0 bridgehead atoms. The van der Waals surface area contributed by atoms with Crippen molar-refractivity contribution < 1.29 is 4.43 Å². The summed E-state index contributed by atoms with van der Waals surface area (Å²) in [6.45, 7) is 18.1. The Morgan fingerprint density at radius 2 is 1.32 bits per heavy atom. The Hall–Kier alpha value is -0.123. The molecule has 0 N–H and O–H groups in total. The smallest absolute Gasteiger partial charge is 0.193 e. The van der Waals surface area contributed by atoms with Crippen LogP contribution in [-0.4, -0.2) is 8.32 Å². The lowest BCUT2D eigenvalue weighted by atomic mass is 9.84. The molecule has 0 amide bonds. The van der Waals surface area contributed by atoms with Gasteiger partial charge in [-0.15, -0.1) is 0 Å². The lowest BCUT2D eigenvalue weighted by molar-refractivity contribution is 0.0938. The van der Waals surface area contributed by atoms with Gasteiger partial charge in [-0.05, 0) is 60.7 Å². The molecule has 0 fully saturated rings. The first-order valence-corrected chi connectivity index (χ1v) is 11.8. The minimum absolute atomic E-state index is 0.142. The second-order valence-corrected chi connectivity index (χ2v) is 13.4. The van der Waals surface area contributed by atoms with Gasteiger partial charge in [0.2, 0.25) is 0 Å². The minimum Gasteiger partial charge on any atom is -0.408 e. The van der Waals surface area contributed by atoms with Crippen LogP contribution in [-0.2, 0) is 15.4 Å². The fraction of sp³-hybridized carbons (Fsp3) is 0.684. The van der Waals surface area contributed by atoms with E-state index in [0.29, 0.717) is 0 Å². The second-order valence-electron chi connectivity index (χ2n) is 7.83. The summed E-state index contributed by atoms with van der Waals surface area (Å²) < 4.78 is 7.94. The molecule has 3 heteroatoms. The van der Waals surface area contributed by atoms with Crippen molar-refractivity contribution in [3.8, 4) is 0 Å². The van der Waals surface area contributed by atoms with Crippen molar-refractivity contribution in [2.75, 3.05) is 0 Å². The van der Waals surface area contributed by atoms with Crippen LogP contribution in [0.15, 0.2) is 22.7 Å². The summed E-state index contributed by atoms with van der Waals surface area (Å²) in [5.74, 6) is 0. The lowest BCUT2D eigenvalue weighted by Crippen LogP contribution is -2.43. The van der Waals surface area contributed by atoms with Gasteiger partial charge >= 0.3 is 0 Å². The zero-order valence-electron chi connectivity index (χ0n) is 15.6. The molecule has 0 atom stereocenters. The van der Waals surface area contributed by atoms with Crippen molar-refractivity contribution in [1.29, 1.82) is 0 Å². The highest BCUT2D eigenvalue weighted by Gasteiger charge is 2.36. The number of hydrogen-bond acceptors (Lipinski definition) is 1. The SMILES string of the molecule is CC[Si](CC)(CC)OC(C)(C)c1cc(Br)cc(C(C)(C)C)c1. The molecule has 0 heterocycles. The third kappa shape index (κ3) is 4.69. The number of rotatable bonds is 6. The van der Waals surface area contributed by atoms with Gasteiger partial charge in [0.25, 0.3) is 0 Å². The molecule has 0 aromatic heterocycles. The zero-order chi connectivity index (χ0) is 17.2. The fourth-order valence-corrected chi connectivity index (χ4v) is 6.56. The van der Waals surface area contributed by atoms with Crippen molar-refractivity contribution >= 4 is 24.2 Å². The minimum atomic E-state index is -1.63. The topological polar surface area (TPSA) is 9.23 Å². The summed E-state index contributed by atoms with van der Waals surface area (Å²) in [5, 5.41) is 0. The van der Waals surface area contributed by atoms with Gasteiger partial charge in [0.15, 0.2) is 8.32 Å². The predicted octanol–water partition coefficient (Wildman–Crippen LogP) is 7.00. The van der Waals surface area contributed by atoms with Crippen LogP contribution in [0.5, 0.6) is 0 Å². The van der Waals surface area contributed by atoms with E-state index >= 15 is 0 Å². The van der Waals surface area contributed by atoms with E-state index in [1.807, 2.05) is 0 Å². The molecule has 0 saturated carbocycles. The van der Waals surface area contributed by atoms with Crippen LogP contribution in [0, 0.1) is 0 Å². The molecule has 0 aliphatic carbocycles. The summed E-state index contributed by atoms with van der Waals surface area (Å²) in [5.41, 5.74) is 2.53. The van der Waals surface area contributed by atoms with E-state index < -0.39 is 8.32 Å². The summed E-state index contributed by atoms with van der Waals surface area (Å²) >= 11 is 3.68. The van der Waals surface area contributed by atoms with Crippen molar-refractivity contribution in [3.05, 3.63) is 33.8 Å². The highest BCUT2D eigenvalue weighted by atomic mass is 79.9. The molecule has 126 valence electrons. The predicted molar refractivity (Wildman–Crippen MR) is 104 cm³/mol. The van der Waals surface area contributed by atoms with Crippen LogP contribution >= 0.6 is 15.9 Å². The van der Waals surface area contributed by atoms with Crippen LogP contribution in [0.25, 0.3) is 0 Å². The van der Waals surface area contributed by atoms with E-state index in [9.17, 15) is 0 Å². The fourth-order valence-electron chi connectivity index (χ4n) is 2.94. The third-order valence-corrected chi connectivity index (χ3v) is 10.1. The zero-order valence-corrected chi connectivity index (χ0v) is 18.2. The lowest BCUT2D eigenvalue weighted by Gasteiger charge is -2.39. The van der Waals surface area contributed by atoms with Gasteiger partial charge in [-0.3, -0.25) is 0 Å². The first kappa shape index (κ1) is 19.9. The van der Waals surface area contributed by atoms with Crippen molar-refractivity contribution in [2.45, 2.75) is 84.5 Å². The molecular weight excluding hydrogens is 352 g/mol. The first-order valence-electron chi connectivity index (χ1n) is 8.51. The van der Waals surface area contributed by atoms with E-state index in [1.54, 1.807) is 0 Å². The van der Waals surface area contributed by atoms with E-state index in [0.717, 1.165) is 4.47 Å². The maximum atomic E-state index is 6.80. The molecule has 0 aliphatic rings. The molecule has 1 aromatic carbocycles. The molecule has 0 aliphatic heterocycles. The van der Waals surface area contributed by atoms with Gasteiger partial charge in [-0.25, -0.2) is 0 Å². The highest BCUT2D eigenvalue weighted by molar-refractivity contribution is 9.10. The Balaban J connectivity index is 3.25. The van der Waals surface area contributed by atoms with E-state index in [2.05, 4.69) is 89.5 Å². The number of hydrogen-bond donors (Lipinski definition) is 0. The molecule has 0 radical (unpaired) electrons. The Labute approximate surface area is 147 Å². The average molecular weight is 385 g/mol. The summed E-state index contributed by atoms with van der Waals surface area (Å²) in [6, 6.07) is 10.3. The average Bonchev–Trinajstić information content (AvgIpc) is 2.43. The summed E-state index contributed by atoms with van der Waals surface area (Å²) in [6.07, 6.45) is 0. The van der Waals surface area contributed by atoms with Gasteiger partial charge in [-0.2, -0.15) is 0 Å². The Kier molecular flexibility index (Phi) is 6.51. The van der Waals surface area contributed by atoms with E-state index in [4.69, 9.17) is 4.43 Å². The van der Waals surface area contributed by atoms with Crippen LogP contribution in [0.1, 0.15) is 66.5 Å². The largest absolute Gasteiger partial charge is 0.408 e. The third-order valence-electron chi connectivity index (χ3n) is 4.86. The molecular formula is C19H33BrOSi. The second kappa shape index (κ2) is 7.19. The van der Waals surface area contributed by atoms with Gasteiger partial charge < -0.3 is 4.43 Å². The molecule has 1 nitrogen and oxygen atoms in total. The van der Waals surface area contributed by atoms with Gasteiger partial charge in [-0.1, -0.05) is 63.5 Å². The Morgan fingerprint density at radius 3 is 1.73 bits per heavy atom. The number of benzene rings is 1. The molecule has 0 spiro atoms. The van der Waals surface area contributed by atoms with Crippen LogP contribution in [0.3, 0.4) is 0 Å². The molecule has 22 heavy (non-hydrogen) atoms. The Morgan fingerprint density at radius 1 is 0.864 bits per heavy atom. The standard InChI is InChI=1S/C19H33BrOSi/c1-9-22(10-2,11-3)21-19(7,8)16-12-15(18(4,5)6)13-17(20)14-16/h12-14H,9-11H2,1-8H3. The van der Waals surface area contributed by atoms with Crippen LogP contribution in [0.4, 0.5) is 0 Å². The van der Waals surface area contributed by atoms with E-state index in [1.165, 1.54) is 29.3 Å². The van der Waals surface area contributed by atoms with Gasteiger partial charge in [0.05, 0.1) is 5.60 Å². The first-order chi connectivity index (χ1) is 9.99. The van der Waals surface area contributed by atoms with E-state index in [-0.39, 0.29) is 11.0 Å². The Bertz CT molecular complexity index is 490. The molecule has 1 rings (SSSR count). The van der Waals surface area contributed by atoms with Gasteiger partial charge in [0, 0.05) is 4.47 Å². The molecule has 0 saturated heterocycles. The summed E-state index contributed by atoms with van der Waals surface area (Å²) in [7, 11) is -1.63. The summed E-state index contributed by atoms with van der Waals surface area (Å²) in [4.78, 5) is 0. The monoisotopic (exact) mass is 384 g/mol. The van der Waals surface area contributed by atoms with Gasteiger partial charge in [0.1, 0.15) is 0 Å².